The van der Waals surface area contributed by atoms with Crippen LogP contribution in [0.3, 0.4) is 0 Å². The van der Waals surface area contributed by atoms with Crippen molar-refractivity contribution < 1.29 is 14.9 Å². The second-order valence-electron chi connectivity index (χ2n) is 7.63. The number of hydrogen-bond acceptors (Lipinski definition) is 4. The molecule has 0 bridgehead atoms. The summed E-state index contributed by atoms with van der Waals surface area (Å²) in [4.78, 5) is 2.11. The third kappa shape index (κ3) is 4.44. The van der Waals surface area contributed by atoms with Crippen molar-refractivity contribution in [2.75, 3.05) is 20.6 Å². The molecule has 1 aliphatic rings. The second-order valence-corrected chi connectivity index (χ2v) is 7.63. The molecule has 3 atom stereocenters. The van der Waals surface area contributed by atoms with Gasteiger partial charge in [-0.05, 0) is 56.6 Å². The summed E-state index contributed by atoms with van der Waals surface area (Å²) in [7, 11) is 4.05. The second kappa shape index (κ2) is 8.21. The third-order valence-corrected chi connectivity index (χ3v) is 5.33. The highest BCUT2D eigenvalue weighted by Gasteiger charge is 2.44. The van der Waals surface area contributed by atoms with E-state index in [1.165, 1.54) is 5.56 Å². The van der Waals surface area contributed by atoms with Crippen LogP contribution in [0, 0.1) is 5.92 Å². The number of phenolic OH excluding ortho intramolecular Hbond substituents is 1. The van der Waals surface area contributed by atoms with Gasteiger partial charge in [0.15, 0.2) is 0 Å². The van der Waals surface area contributed by atoms with Crippen LogP contribution in [-0.4, -0.2) is 41.9 Å². The van der Waals surface area contributed by atoms with E-state index in [1.54, 1.807) is 18.2 Å². The lowest BCUT2D eigenvalue weighted by atomic mass is 9.70. The molecular weight excluding hydrogens is 326 g/mol. The molecule has 140 valence electrons. The summed E-state index contributed by atoms with van der Waals surface area (Å²) in [5.74, 6) is 0.246. The fourth-order valence-electron chi connectivity index (χ4n) is 3.98. The lowest BCUT2D eigenvalue weighted by Gasteiger charge is -2.44. The van der Waals surface area contributed by atoms with Crippen molar-refractivity contribution in [3.05, 3.63) is 65.7 Å². The standard InChI is InChI=1S/C22H29NO3/c1-23(2)15-19-14-21(26-16-17-7-4-3-5-8-17)11-12-22(19,25)18-9-6-10-20(24)13-18/h3-10,13,19,21,24-25H,11-12,14-16H2,1-2H3. The highest BCUT2D eigenvalue weighted by molar-refractivity contribution is 5.32. The Balaban J connectivity index is 1.72. The topological polar surface area (TPSA) is 52.9 Å². The maximum Gasteiger partial charge on any atom is 0.115 e. The summed E-state index contributed by atoms with van der Waals surface area (Å²) in [6.07, 6.45) is 2.38. The van der Waals surface area contributed by atoms with E-state index in [-0.39, 0.29) is 17.8 Å². The molecule has 0 spiro atoms. The molecule has 4 heteroatoms. The zero-order chi connectivity index (χ0) is 18.6. The minimum atomic E-state index is -0.935. The molecular formula is C22H29NO3. The molecule has 4 nitrogen and oxygen atoms in total. The first kappa shape index (κ1) is 18.9. The molecule has 2 aromatic carbocycles. The monoisotopic (exact) mass is 355 g/mol. The molecule has 0 aromatic heterocycles. The van der Waals surface area contributed by atoms with Crippen molar-refractivity contribution in [2.45, 2.75) is 37.6 Å². The van der Waals surface area contributed by atoms with Gasteiger partial charge in [-0.3, -0.25) is 0 Å². The van der Waals surface area contributed by atoms with Gasteiger partial charge in [0.1, 0.15) is 5.75 Å². The van der Waals surface area contributed by atoms with Gasteiger partial charge in [-0.15, -0.1) is 0 Å². The molecule has 0 saturated heterocycles. The fraction of sp³-hybridized carbons (Fsp3) is 0.455. The van der Waals surface area contributed by atoms with Crippen molar-refractivity contribution in [2.24, 2.45) is 5.92 Å². The largest absolute Gasteiger partial charge is 0.508 e. The van der Waals surface area contributed by atoms with Gasteiger partial charge < -0.3 is 19.8 Å². The Bertz CT molecular complexity index is 704. The van der Waals surface area contributed by atoms with Gasteiger partial charge in [0.05, 0.1) is 18.3 Å². The Morgan fingerprint density at radius 2 is 1.88 bits per heavy atom. The fourth-order valence-corrected chi connectivity index (χ4v) is 3.98. The number of ether oxygens (including phenoxy) is 1. The van der Waals surface area contributed by atoms with Crippen LogP contribution in [0.25, 0.3) is 0 Å². The molecule has 1 saturated carbocycles. The lowest BCUT2D eigenvalue weighted by molar-refractivity contribution is -0.110. The van der Waals surface area contributed by atoms with Gasteiger partial charge in [-0.2, -0.15) is 0 Å². The Morgan fingerprint density at radius 1 is 1.12 bits per heavy atom. The predicted molar refractivity (Wildman–Crippen MR) is 103 cm³/mol. The predicted octanol–water partition coefficient (Wildman–Crippen LogP) is 3.53. The zero-order valence-electron chi connectivity index (χ0n) is 15.6. The van der Waals surface area contributed by atoms with Crippen LogP contribution in [0.5, 0.6) is 5.75 Å². The van der Waals surface area contributed by atoms with E-state index in [9.17, 15) is 10.2 Å². The van der Waals surface area contributed by atoms with Gasteiger partial charge in [-0.1, -0.05) is 42.5 Å². The Morgan fingerprint density at radius 3 is 2.58 bits per heavy atom. The molecule has 3 unspecified atom stereocenters. The number of phenols is 1. The summed E-state index contributed by atoms with van der Waals surface area (Å²) in [6, 6.07) is 17.2. The van der Waals surface area contributed by atoms with Crippen molar-refractivity contribution in [3.63, 3.8) is 0 Å². The van der Waals surface area contributed by atoms with E-state index in [4.69, 9.17) is 4.74 Å². The Kier molecular flexibility index (Phi) is 5.97. The van der Waals surface area contributed by atoms with E-state index >= 15 is 0 Å². The van der Waals surface area contributed by atoms with Crippen LogP contribution in [0.2, 0.25) is 0 Å². The number of hydrogen-bond donors (Lipinski definition) is 2. The van der Waals surface area contributed by atoms with E-state index in [0.29, 0.717) is 13.0 Å². The first-order valence-electron chi connectivity index (χ1n) is 9.29. The average Bonchev–Trinajstić information content (AvgIpc) is 2.63. The van der Waals surface area contributed by atoms with E-state index in [2.05, 4.69) is 17.0 Å². The summed E-state index contributed by atoms with van der Waals surface area (Å²) in [6.45, 7) is 1.38. The molecule has 1 aliphatic carbocycles. The average molecular weight is 355 g/mol. The third-order valence-electron chi connectivity index (χ3n) is 5.33. The highest BCUT2D eigenvalue weighted by Crippen LogP contribution is 2.43. The number of benzene rings is 2. The smallest absolute Gasteiger partial charge is 0.115 e. The Labute approximate surface area is 156 Å². The van der Waals surface area contributed by atoms with Crippen LogP contribution in [0.1, 0.15) is 30.4 Å². The van der Waals surface area contributed by atoms with Crippen molar-refractivity contribution in [3.8, 4) is 5.75 Å². The van der Waals surface area contributed by atoms with E-state index in [0.717, 1.165) is 24.9 Å². The van der Waals surface area contributed by atoms with Gasteiger partial charge in [0, 0.05) is 12.5 Å². The van der Waals surface area contributed by atoms with Gasteiger partial charge >= 0.3 is 0 Å². The minimum absolute atomic E-state index is 0.0498. The van der Waals surface area contributed by atoms with Crippen molar-refractivity contribution >= 4 is 0 Å². The van der Waals surface area contributed by atoms with E-state index < -0.39 is 5.60 Å². The summed E-state index contributed by atoms with van der Waals surface area (Å²) < 4.78 is 6.15. The SMILES string of the molecule is CN(C)CC1CC(OCc2ccccc2)CCC1(O)c1cccc(O)c1. The molecule has 26 heavy (non-hydrogen) atoms. The molecule has 0 heterocycles. The summed E-state index contributed by atoms with van der Waals surface area (Å²) >= 11 is 0. The molecule has 0 amide bonds. The van der Waals surface area contributed by atoms with Crippen LogP contribution in [-0.2, 0) is 16.9 Å². The normalized spacial score (nSPS) is 26.2. The number of rotatable bonds is 6. The van der Waals surface area contributed by atoms with Crippen LogP contribution < -0.4 is 0 Å². The zero-order valence-corrected chi connectivity index (χ0v) is 15.6. The van der Waals surface area contributed by atoms with Crippen molar-refractivity contribution in [1.29, 1.82) is 0 Å². The van der Waals surface area contributed by atoms with Crippen LogP contribution >= 0.6 is 0 Å². The molecule has 1 fully saturated rings. The van der Waals surface area contributed by atoms with Gasteiger partial charge in [0.2, 0.25) is 0 Å². The molecule has 2 N–H and O–H groups in total. The number of aromatic hydroxyl groups is 1. The van der Waals surface area contributed by atoms with Gasteiger partial charge in [0.25, 0.3) is 0 Å². The Hall–Kier alpha value is -1.88. The van der Waals surface area contributed by atoms with Gasteiger partial charge in [-0.25, -0.2) is 0 Å². The maximum atomic E-state index is 11.5. The van der Waals surface area contributed by atoms with Crippen molar-refractivity contribution in [1.82, 2.24) is 4.90 Å². The quantitative estimate of drug-likeness (QED) is 0.832. The molecule has 0 aliphatic heterocycles. The summed E-state index contributed by atoms with van der Waals surface area (Å²) in [5, 5.41) is 21.3. The van der Waals surface area contributed by atoms with Crippen LogP contribution in [0.15, 0.2) is 54.6 Å². The maximum absolute atomic E-state index is 11.5. The highest BCUT2D eigenvalue weighted by atomic mass is 16.5. The first-order chi connectivity index (χ1) is 12.5. The number of aliphatic hydroxyl groups is 1. The molecule has 3 rings (SSSR count). The minimum Gasteiger partial charge on any atom is -0.508 e. The van der Waals surface area contributed by atoms with Crippen LogP contribution in [0.4, 0.5) is 0 Å². The molecule has 2 aromatic rings. The van der Waals surface area contributed by atoms with E-state index in [1.807, 2.05) is 38.4 Å². The number of nitrogens with zero attached hydrogens (tertiary/aromatic N) is 1. The summed E-state index contributed by atoms with van der Waals surface area (Å²) in [5.41, 5.74) is 1.03. The molecule has 0 radical (unpaired) electrons. The first-order valence-corrected chi connectivity index (χ1v) is 9.29. The lowest BCUT2D eigenvalue weighted by Crippen LogP contribution is -2.46.